The SMILES string of the molecule is O=C(CC(=O)N1CCN(c2ccccn2)CC1)Nc1ccccc1Cl. The Kier molecular flexibility index (Phi) is 5.50. The molecule has 1 aromatic heterocycles. The Hall–Kier alpha value is -2.60. The highest BCUT2D eigenvalue weighted by Gasteiger charge is 2.23. The zero-order chi connectivity index (χ0) is 17.6. The summed E-state index contributed by atoms with van der Waals surface area (Å²) in [5.41, 5.74) is 0.516. The van der Waals surface area contributed by atoms with Gasteiger partial charge in [0.25, 0.3) is 0 Å². The van der Waals surface area contributed by atoms with Gasteiger partial charge in [0.15, 0.2) is 0 Å². The molecule has 2 amide bonds. The van der Waals surface area contributed by atoms with Crippen molar-refractivity contribution in [2.45, 2.75) is 6.42 Å². The highest BCUT2D eigenvalue weighted by Crippen LogP contribution is 2.20. The molecule has 3 rings (SSSR count). The molecule has 0 saturated carbocycles. The van der Waals surface area contributed by atoms with Crippen LogP contribution in [-0.2, 0) is 9.59 Å². The van der Waals surface area contributed by atoms with Crippen LogP contribution in [0.1, 0.15) is 6.42 Å². The summed E-state index contributed by atoms with van der Waals surface area (Å²) in [4.78, 5) is 32.6. The number of aromatic nitrogens is 1. The molecule has 0 unspecified atom stereocenters. The summed E-state index contributed by atoms with van der Waals surface area (Å²) in [6, 6.07) is 12.7. The third-order valence-corrected chi connectivity index (χ3v) is 4.39. The van der Waals surface area contributed by atoms with Gasteiger partial charge >= 0.3 is 0 Å². The molecule has 0 radical (unpaired) electrons. The van der Waals surface area contributed by atoms with Crippen molar-refractivity contribution in [1.29, 1.82) is 0 Å². The van der Waals surface area contributed by atoms with E-state index in [4.69, 9.17) is 11.6 Å². The number of piperazine rings is 1. The molecule has 0 bridgehead atoms. The Balaban J connectivity index is 1.49. The molecule has 130 valence electrons. The maximum Gasteiger partial charge on any atom is 0.233 e. The van der Waals surface area contributed by atoms with Gasteiger partial charge in [0.2, 0.25) is 11.8 Å². The number of hydrogen-bond acceptors (Lipinski definition) is 4. The quantitative estimate of drug-likeness (QED) is 0.852. The first kappa shape index (κ1) is 17.2. The zero-order valence-electron chi connectivity index (χ0n) is 13.7. The van der Waals surface area contributed by atoms with Gasteiger partial charge in [0.05, 0.1) is 10.7 Å². The molecule has 1 N–H and O–H groups in total. The first-order chi connectivity index (χ1) is 12.1. The summed E-state index contributed by atoms with van der Waals surface area (Å²) < 4.78 is 0. The Bertz CT molecular complexity index is 746. The van der Waals surface area contributed by atoms with Crippen LogP contribution in [0, 0.1) is 0 Å². The summed E-state index contributed by atoms with van der Waals surface area (Å²) >= 11 is 6.01. The number of rotatable bonds is 4. The summed E-state index contributed by atoms with van der Waals surface area (Å²) in [7, 11) is 0. The second-order valence-corrected chi connectivity index (χ2v) is 6.17. The first-order valence-electron chi connectivity index (χ1n) is 8.11. The topological polar surface area (TPSA) is 65.5 Å². The van der Waals surface area contributed by atoms with Gasteiger partial charge in [-0.1, -0.05) is 29.8 Å². The van der Waals surface area contributed by atoms with Gasteiger partial charge in [0.1, 0.15) is 12.2 Å². The van der Waals surface area contributed by atoms with Crippen LogP contribution < -0.4 is 10.2 Å². The number of halogens is 1. The van der Waals surface area contributed by atoms with Gasteiger partial charge in [-0.25, -0.2) is 4.98 Å². The molecule has 1 fully saturated rings. The molecular formula is C18H19ClN4O2. The number of para-hydroxylation sites is 1. The monoisotopic (exact) mass is 358 g/mol. The minimum absolute atomic E-state index is 0.176. The van der Waals surface area contributed by atoms with Gasteiger partial charge in [-0.3, -0.25) is 9.59 Å². The Morgan fingerprint density at radius 2 is 1.76 bits per heavy atom. The van der Waals surface area contributed by atoms with Crippen molar-refractivity contribution in [3.05, 3.63) is 53.7 Å². The molecule has 0 aliphatic carbocycles. The van der Waals surface area contributed by atoms with E-state index in [2.05, 4.69) is 15.2 Å². The van der Waals surface area contributed by atoms with Crippen molar-refractivity contribution in [3.63, 3.8) is 0 Å². The van der Waals surface area contributed by atoms with E-state index < -0.39 is 0 Å². The fourth-order valence-electron chi connectivity index (χ4n) is 2.73. The Morgan fingerprint density at radius 3 is 2.44 bits per heavy atom. The highest BCUT2D eigenvalue weighted by molar-refractivity contribution is 6.33. The van der Waals surface area contributed by atoms with E-state index in [-0.39, 0.29) is 18.2 Å². The van der Waals surface area contributed by atoms with Crippen LogP contribution in [-0.4, -0.2) is 47.9 Å². The number of anilines is 2. The third kappa shape index (κ3) is 4.48. The third-order valence-electron chi connectivity index (χ3n) is 4.07. The fourth-order valence-corrected chi connectivity index (χ4v) is 2.91. The number of pyridine rings is 1. The van der Waals surface area contributed by atoms with Gasteiger partial charge in [-0.05, 0) is 24.3 Å². The lowest BCUT2D eigenvalue weighted by atomic mass is 10.2. The second kappa shape index (κ2) is 7.98. The van der Waals surface area contributed by atoms with Crippen molar-refractivity contribution in [2.75, 3.05) is 36.4 Å². The Morgan fingerprint density at radius 1 is 1.04 bits per heavy atom. The van der Waals surface area contributed by atoms with E-state index in [1.165, 1.54) is 0 Å². The summed E-state index contributed by atoms with van der Waals surface area (Å²) in [6.07, 6.45) is 1.57. The summed E-state index contributed by atoms with van der Waals surface area (Å²) in [5.74, 6) is 0.376. The van der Waals surface area contributed by atoms with Crippen molar-refractivity contribution < 1.29 is 9.59 Å². The molecule has 0 atom stereocenters. The Labute approximate surface area is 151 Å². The first-order valence-corrected chi connectivity index (χ1v) is 8.49. The van der Waals surface area contributed by atoms with Crippen LogP contribution in [0.2, 0.25) is 5.02 Å². The zero-order valence-corrected chi connectivity index (χ0v) is 14.4. The molecule has 7 heteroatoms. The second-order valence-electron chi connectivity index (χ2n) is 5.76. The number of benzene rings is 1. The van der Waals surface area contributed by atoms with E-state index in [1.807, 2.05) is 18.2 Å². The molecule has 1 aliphatic rings. The molecule has 6 nitrogen and oxygen atoms in total. The number of nitrogens with one attached hydrogen (secondary N) is 1. The predicted octanol–water partition coefficient (Wildman–Crippen LogP) is 2.41. The van der Waals surface area contributed by atoms with E-state index >= 15 is 0 Å². The molecule has 25 heavy (non-hydrogen) atoms. The van der Waals surface area contributed by atoms with Crippen molar-refractivity contribution in [3.8, 4) is 0 Å². The lowest BCUT2D eigenvalue weighted by Crippen LogP contribution is -2.49. The largest absolute Gasteiger partial charge is 0.353 e. The van der Waals surface area contributed by atoms with Crippen LogP contribution in [0.4, 0.5) is 11.5 Å². The van der Waals surface area contributed by atoms with Gasteiger partial charge < -0.3 is 15.1 Å². The number of carbonyl (C=O) groups is 2. The predicted molar refractivity (Wildman–Crippen MR) is 97.7 cm³/mol. The minimum atomic E-state index is -0.356. The standard InChI is InChI=1S/C18H19ClN4O2/c19-14-5-1-2-6-15(14)21-17(24)13-18(25)23-11-9-22(10-12-23)16-7-3-4-8-20-16/h1-8H,9-13H2,(H,21,24). The van der Waals surface area contributed by atoms with E-state index in [0.29, 0.717) is 36.9 Å². The number of nitrogens with zero attached hydrogens (tertiary/aromatic N) is 3. The van der Waals surface area contributed by atoms with E-state index in [9.17, 15) is 9.59 Å². The van der Waals surface area contributed by atoms with Gasteiger partial charge in [0, 0.05) is 32.4 Å². The fraction of sp³-hybridized carbons (Fsp3) is 0.278. The average molecular weight is 359 g/mol. The van der Waals surface area contributed by atoms with Crippen LogP contribution in [0.15, 0.2) is 48.7 Å². The maximum atomic E-state index is 12.3. The van der Waals surface area contributed by atoms with Crippen molar-refractivity contribution in [1.82, 2.24) is 9.88 Å². The van der Waals surface area contributed by atoms with Crippen LogP contribution in [0.3, 0.4) is 0 Å². The van der Waals surface area contributed by atoms with E-state index in [1.54, 1.807) is 35.4 Å². The van der Waals surface area contributed by atoms with E-state index in [0.717, 1.165) is 5.82 Å². The number of amides is 2. The number of carbonyl (C=O) groups excluding carboxylic acids is 2. The summed E-state index contributed by atoms with van der Waals surface area (Å²) in [5, 5.41) is 3.13. The average Bonchev–Trinajstić information content (AvgIpc) is 2.64. The molecular weight excluding hydrogens is 340 g/mol. The molecule has 0 spiro atoms. The van der Waals surface area contributed by atoms with Crippen molar-refractivity contribution >= 4 is 34.9 Å². The minimum Gasteiger partial charge on any atom is -0.353 e. The molecule has 1 aliphatic heterocycles. The highest BCUT2D eigenvalue weighted by atomic mass is 35.5. The van der Waals surface area contributed by atoms with Crippen LogP contribution in [0.25, 0.3) is 0 Å². The molecule has 1 aromatic carbocycles. The van der Waals surface area contributed by atoms with Gasteiger partial charge in [-0.15, -0.1) is 0 Å². The normalized spacial score (nSPS) is 14.3. The molecule has 2 heterocycles. The molecule has 1 saturated heterocycles. The summed E-state index contributed by atoms with van der Waals surface area (Å²) in [6.45, 7) is 2.56. The lowest BCUT2D eigenvalue weighted by Gasteiger charge is -2.35. The van der Waals surface area contributed by atoms with Crippen LogP contribution in [0.5, 0.6) is 0 Å². The molecule has 2 aromatic rings. The lowest BCUT2D eigenvalue weighted by molar-refractivity contribution is -0.134. The van der Waals surface area contributed by atoms with Crippen LogP contribution >= 0.6 is 11.6 Å². The van der Waals surface area contributed by atoms with Crippen molar-refractivity contribution in [2.24, 2.45) is 0 Å². The number of hydrogen-bond donors (Lipinski definition) is 1. The smallest absolute Gasteiger partial charge is 0.233 e. The maximum absolute atomic E-state index is 12.3. The van der Waals surface area contributed by atoms with Gasteiger partial charge in [-0.2, -0.15) is 0 Å².